The molecule has 14 aromatic rings. The number of pyridine rings is 1. The van der Waals surface area contributed by atoms with Gasteiger partial charge in [-0.1, -0.05) is 231 Å². The predicted molar refractivity (Wildman–Crippen MR) is 309 cm³/mol. The van der Waals surface area contributed by atoms with Crippen LogP contribution in [0.15, 0.2) is 283 Å². The first-order chi connectivity index (χ1) is 36.7. The van der Waals surface area contributed by atoms with Crippen LogP contribution in [0.5, 0.6) is 0 Å². The van der Waals surface area contributed by atoms with Crippen molar-refractivity contribution in [2.75, 3.05) is 0 Å². The largest absolute Gasteiger partial charge is 0.455 e. The van der Waals surface area contributed by atoms with Crippen molar-refractivity contribution in [2.24, 2.45) is 0 Å². The number of hydrogen-bond acceptors (Lipinski definition) is 2. The lowest BCUT2D eigenvalue weighted by molar-refractivity contribution is 0.670. The number of furan rings is 1. The summed E-state index contributed by atoms with van der Waals surface area (Å²) in [5.41, 5.74) is 23.1. The Kier molecular flexibility index (Phi) is 10.5. The average molecular weight is 943 g/mol. The SMILES string of the molecule is c1ccc(-c2ccc(-c3cc(-c4ccc(-c5ccccc5)cc4)nc(-c4ccc(-n5c6ccccc6c6cc(-c7ccccc7-c7ccccc7-c7cccc8c7oc7ccccc78)ccc65)cc4)c3)cc2)cc1. The lowest BCUT2D eigenvalue weighted by atomic mass is 9.88. The molecule has 0 fully saturated rings. The molecular weight excluding hydrogens is 897 g/mol. The van der Waals surface area contributed by atoms with Crippen molar-refractivity contribution >= 4 is 43.7 Å². The van der Waals surface area contributed by atoms with Crippen LogP contribution in [-0.4, -0.2) is 9.55 Å². The Labute approximate surface area is 429 Å². The van der Waals surface area contributed by atoms with Gasteiger partial charge in [0.2, 0.25) is 0 Å². The minimum atomic E-state index is 0.899. The third-order valence-corrected chi connectivity index (χ3v) is 14.7. The molecule has 11 aromatic carbocycles. The molecule has 0 aliphatic heterocycles. The van der Waals surface area contributed by atoms with Crippen LogP contribution in [0, 0.1) is 0 Å². The van der Waals surface area contributed by atoms with Gasteiger partial charge in [0, 0.05) is 43.9 Å². The molecule has 74 heavy (non-hydrogen) atoms. The minimum Gasteiger partial charge on any atom is -0.455 e. The second-order valence-corrected chi connectivity index (χ2v) is 19.0. The second kappa shape index (κ2) is 18.1. The summed E-state index contributed by atoms with van der Waals surface area (Å²) in [6.07, 6.45) is 0. The Balaban J connectivity index is 0.840. The number of fused-ring (bicyclic) bond motifs is 6. The Hall–Kier alpha value is -9.83. The molecule has 0 bridgehead atoms. The molecule has 0 aliphatic carbocycles. The zero-order valence-electron chi connectivity index (χ0n) is 40.4. The van der Waals surface area contributed by atoms with Gasteiger partial charge in [0.25, 0.3) is 0 Å². The van der Waals surface area contributed by atoms with Gasteiger partial charge < -0.3 is 8.98 Å². The molecule has 3 heterocycles. The van der Waals surface area contributed by atoms with Crippen LogP contribution >= 0.6 is 0 Å². The standard InChI is InChI=1S/C71H46N2O/c1-3-16-47(17-4-1)49-30-32-51(33-31-49)55-45-66(52-36-34-50(35-37-52)48-18-5-2-6-19-48)72-67(46-55)53-38-41-56(42-39-53)73-68-28-13-11-24-61(68)65-44-54(40-43-69(65)73)57-20-7-8-21-58(57)59-22-9-10-23-60(59)63-26-15-27-64-62-25-12-14-29-70(62)74-71(63)64/h1-46H. The van der Waals surface area contributed by atoms with Crippen LogP contribution in [0.1, 0.15) is 0 Å². The van der Waals surface area contributed by atoms with Gasteiger partial charge in [-0.05, 0) is 110 Å². The van der Waals surface area contributed by atoms with Crippen molar-refractivity contribution in [3.63, 3.8) is 0 Å². The van der Waals surface area contributed by atoms with Crippen LogP contribution in [0.3, 0.4) is 0 Å². The fourth-order valence-corrected chi connectivity index (χ4v) is 11.0. The maximum Gasteiger partial charge on any atom is 0.143 e. The molecule has 0 unspecified atom stereocenters. The van der Waals surface area contributed by atoms with Crippen LogP contribution in [0.4, 0.5) is 0 Å². The van der Waals surface area contributed by atoms with Gasteiger partial charge >= 0.3 is 0 Å². The van der Waals surface area contributed by atoms with Gasteiger partial charge in [0.1, 0.15) is 11.2 Å². The molecule has 346 valence electrons. The summed E-state index contributed by atoms with van der Waals surface area (Å²) in [4.78, 5) is 5.36. The summed E-state index contributed by atoms with van der Waals surface area (Å²) in [6.45, 7) is 0. The van der Waals surface area contributed by atoms with Crippen molar-refractivity contribution in [1.82, 2.24) is 9.55 Å². The zero-order chi connectivity index (χ0) is 49.0. The highest BCUT2D eigenvalue weighted by Gasteiger charge is 2.20. The molecule has 0 saturated carbocycles. The molecular formula is C71H46N2O. The third-order valence-electron chi connectivity index (χ3n) is 14.7. The molecule has 0 N–H and O–H groups in total. The molecule has 0 spiro atoms. The molecule has 0 radical (unpaired) electrons. The first-order valence-corrected chi connectivity index (χ1v) is 25.3. The maximum absolute atomic E-state index is 6.57. The van der Waals surface area contributed by atoms with E-state index in [2.05, 4.69) is 278 Å². The van der Waals surface area contributed by atoms with Crippen LogP contribution in [-0.2, 0) is 0 Å². The van der Waals surface area contributed by atoms with Crippen LogP contribution in [0.25, 0.3) is 139 Å². The molecule has 14 rings (SSSR count). The fraction of sp³-hybridized carbons (Fsp3) is 0. The van der Waals surface area contributed by atoms with E-state index in [9.17, 15) is 0 Å². The van der Waals surface area contributed by atoms with Crippen LogP contribution in [0.2, 0.25) is 0 Å². The van der Waals surface area contributed by atoms with E-state index in [1.54, 1.807) is 0 Å². The Morgan fingerprint density at radius 1 is 0.257 bits per heavy atom. The van der Waals surface area contributed by atoms with E-state index in [-0.39, 0.29) is 0 Å². The normalized spacial score (nSPS) is 11.5. The van der Waals surface area contributed by atoms with Gasteiger partial charge in [-0.25, -0.2) is 4.98 Å². The van der Waals surface area contributed by atoms with Gasteiger partial charge in [-0.2, -0.15) is 0 Å². The summed E-state index contributed by atoms with van der Waals surface area (Å²) >= 11 is 0. The molecule has 3 nitrogen and oxygen atoms in total. The highest BCUT2D eigenvalue weighted by Crippen LogP contribution is 2.44. The Morgan fingerprint density at radius 2 is 0.689 bits per heavy atom. The summed E-state index contributed by atoms with van der Waals surface area (Å²) in [5, 5.41) is 4.66. The fourth-order valence-electron chi connectivity index (χ4n) is 11.0. The molecule has 3 heteroatoms. The van der Waals surface area contributed by atoms with E-state index in [4.69, 9.17) is 9.40 Å². The molecule has 0 atom stereocenters. The van der Waals surface area contributed by atoms with Crippen molar-refractivity contribution in [2.45, 2.75) is 0 Å². The lowest BCUT2D eigenvalue weighted by Crippen LogP contribution is -1.95. The van der Waals surface area contributed by atoms with E-state index in [1.165, 1.54) is 44.2 Å². The quantitative estimate of drug-likeness (QED) is 0.144. The van der Waals surface area contributed by atoms with E-state index in [0.717, 1.165) is 94.6 Å². The number of benzene rings is 11. The smallest absolute Gasteiger partial charge is 0.143 e. The summed E-state index contributed by atoms with van der Waals surface area (Å²) < 4.78 is 8.96. The maximum atomic E-state index is 6.57. The number of aromatic nitrogens is 2. The summed E-state index contributed by atoms with van der Waals surface area (Å²) in [7, 11) is 0. The monoisotopic (exact) mass is 942 g/mol. The minimum absolute atomic E-state index is 0.899. The highest BCUT2D eigenvalue weighted by atomic mass is 16.3. The number of hydrogen-bond donors (Lipinski definition) is 0. The highest BCUT2D eigenvalue weighted by molar-refractivity contribution is 6.12. The average Bonchev–Trinajstić information content (AvgIpc) is 4.03. The molecule has 0 aliphatic rings. The van der Waals surface area contributed by atoms with E-state index in [0.29, 0.717) is 0 Å². The van der Waals surface area contributed by atoms with Gasteiger partial charge in [-0.3, -0.25) is 0 Å². The van der Waals surface area contributed by atoms with Crippen LogP contribution < -0.4 is 0 Å². The van der Waals surface area contributed by atoms with Crippen molar-refractivity contribution in [1.29, 1.82) is 0 Å². The Morgan fingerprint density at radius 3 is 1.34 bits per heavy atom. The van der Waals surface area contributed by atoms with Gasteiger partial charge in [0.05, 0.1) is 22.4 Å². The van der Waals surface area contributed by atoms with Gasteiger partial charge in [-0.15, -0.1) is 0 Å². The number of rotatable bonds is 9. The number of para-hydroxylation sites is 3. The first kappa shape index (κ1) is 43.0. The number of nitrogens with zero attached hydrogens (tertiary/aromatic N) is 2. The first-order valence-electron chi connectivity index (χ1n) is 25.3. The molecule has 3 aromatic heterocycles. The summed E-state index contributed by atoms with van der Waals surface area (Å²) in [6, 6.07) is 100. The molecule has 0 saturated heterocycles. The van der Waals surface area contributed by atoms with E-state index in [1.807, 2.05) is 6.07 Å². The van der Waals surface area contributed by atoms with Crippen molar-refractivity contribution in [3.05, 3.63) is 279 Å². The summed E-state index contributed by atoms with van der Waals surface area (Å²) in [5.74, 6) is 0. The third kappa shape index (κ3) is 7.58. The van der Waals surface area contributed by atoms with E-state index >= 15 is 0 Å². The molecule has 0 amide bonds. The predicted octanol–water partition coefficient (Wildman–Crippen LogP) is 19.4. The van der Waals surface area contributed by atoms with Crippen molar-refractivity contribution < 1.29 is 4.42 Å². The second-order valence-electron chi connectivity index (χ2n) is 19.0. The van der Waals surface area contributed by atoms with E-state index < -0.39 is 0 Å². The van der Waals surface area contributed by atoms with Gasteiger partial charge in [0.15, 0.2) is 0 Å². The zero-order valence-corrected chi connectivity index (χ0v) is 40.4. The Bertz CT molecular complexity index is 4270. The van der Waals surface area contributed by atoms with Crippen molar-refractivity contribution in [3.8, 4) is 95.0 Å². The topological polar surface area (TPSA) is 31.0 Å². The lowest BCUT2D eigenvalue weighted by Gasteiger charge is -2.15.